The van der Waals surface area contributed by atoms with Gasteiger partial charge in [0.2, 0.25) is 5.95 Å². The maximum atomic E-state index is 14.0. The highest BCUT2D eigenvalue weighted by atomic mass is 32.2. The Labute approximate surface area is 194 Å². The van der Waals surface area contributed by atoms with Gasteiger partial charge in [-0.1, -0.05) is 13.8 Å². The van der Waals surface area contributed by atoms with Crippen LogP contribution in [0.3, 0.4) is 0 Å². The molecule has 8 nitrogen and oxygen atoms in total. The van der Waals surface area contributed by atoms with Crippen molar-refractivity contribution in [3.63, 3.8) is 0 Å². The number of benzene rings is 1. The molecule has 34 heavy (non-hydrogen) atoms. The third kappa shape index (κ3) is 5.24. The van der Waals surface area contributed by atoms with Crippen molar-refractivity contribution in [3.05, 3.63) is 41.5 Å². The van der Waals surface area contributed by atoms with E-state index in [1.165, 1.54) is 12.1 Å². The summed E-state index contributed by atoms with van der Waals surface area (Å²) in [6, 6.07) is 3.43. The average molecular weight is 505 g/mol. The summed E-state index contributed by atoms with van der Waals surface area (Å²) in [5.41, 5.74) is -1.69. The first-order chi connectivity index (χ1) is 15.7. The summed E-state index contributed by atoms with van der Waals surface area (Å²) in [4.78, 5) is 22.5. The summed E-state index contributed by atoms with van der Waals surface area (Å²) in [7, 11) is -2.82. The zero-order chi connectivity index (χ0) is 25.4. The number of carbonyl (C=O) groups excluding carboxylic acids is 1. The lowest BCUT2D eigenvalue weighted by atomic mass is 9.99. The molecule has 3 rings (SSSR count). The second-order valence-electron chi connectivity index (χ2n) is 8.26. The van der Waals surface area contributed by atoms with Crippen molar-refractivity contribution in [1.82, 2.24) is 9.97 Å². The minimum absolute atomic E-state index is 0.0594. The molecule has 0 bridgehead atoms. The number of aromatic nitrogens is 2. The number of carbonyl (C=O) groups is 1. The number of ether oxygens (including phenoxy) is 1. The molecule has 13 heteroatoms. The van der Waals surface area contributed by atoms with Gasteiger partial charge >= 0.3 is 12.1 Å². The van der Waals surface area contributed by atoms with Crippen LogP contribution in [0.4, 0.5) is 29.2 Å². The van der Waals surface area contributed by atoms with Crippen LogP contribution in [-0.2, 0) is 20.8 Å². The van der Waals surface area contributed by atoms with Crippen LogP contribution < -0.4 is 9.80 Å². The van der Waals surface area contributed by atoms with Gasteiger partial charge in [-0.25, -0.2) is 27.6 Å². The first-order valence-electron chi connectivity index (χ1n) is 10.3. The number of piperazine rings is 1. The van der Waals surface area contributed by atoms with E-state index < -0.39 is 44.0 Å². The molecular formula is C21H24F4N4O4S. The predicted octanol–water partition coefficient (Wildman–Crippen LogP) is 3.18. The third-order valence-electron chi connectivity index (χ3n) is 5.57. The zero-order valence-corrected chi connectivity index (χ0v) is 19.7. The van der Waals surface area contributed by atoms with Crippen LogP contribution in [-0.4, -0.2) is 63.4 Å². The summed E-state index contributed by atoms with van der Waals surface area (Å²) in [5, 5.41) is 0. The van der Waals surface area contributed by atoms with Gasteiger partial charge in [-0.15, -0.1) is 0 Å². The van der Waals surface area contributed by atoms with Gasteiger partial charge < -0.3 is 14.5 Å². The van der Waals surface area contributed by atoms with E-state index in [9.17, 15) is 30.8 Å². The van der Waals surface area contributed by atoms with E-state index in [1.807, 2.05) is 18.7 Å². The molecule has 2 aromatic rings. The van der Waals surface area contributed by atoms with Crippen molar-refractivity contribution in [2.45, 2.75) is 31.0 Å². The number of anilines is 2. The molecular weight excluding hydrogens is 480 g/mol. The molecule has 186 valence electrons. The molecule has 0 aliphatic carbocycles. The molecule has 0 amide bonds. The largest absolute Gasteiger partial charge is 0.465 e. The fourth-order valence-electron chi connectivity index (χ4n) is 3.82. The molecule has 0 unspecified atom stereocenters. The van der Waals surface area contributed by atoms with E-state index in [4.69, 9.17) is 0 Å². The fraction of sp³-hybridized carbons (Fsp3) is 0.476. The second-order valence-corrected chi connectivity index (χ2v) is 10.2. The maximum Gasteiger partial charge on any atom is 0.434 e. The van der Waals surface area contributed by atoms with Gasteiger partial charge in [0.15, 0.2) is 15.5 Å². The third-order valence-corrected chi connectivity index (χ3v) is 6.69. The summed E-state index contributed by atoms with van der Waals surface area (Å²) < 4.78 is 83.0. The number of nitrogens with zero attached hydrogens (tertiary/aromatic N) is 4. The van der Waals surface area contributed by atoms with Gasteiger partial charge in [0.05, 0.1) is 13.2 Å². The van der Waals surface area contributed by atoms with Crippen LogP contribution in [0.25, 0.3) is 0 Å². The Kier molecular flexibility index (Phi) is 7.06. The predicted molar refractivity (Wildman–Crippen MR) is 116 cm³/mol. The van der Waals surface area contributed by atoms with Gasteiger partial charge in [-0.3, -0.25) is 0 Å². The Balaban J connectivity index is 1.96. The molecule has 1 aliphatic heterocycles. The number of alkyl halides is 3. The number of methoxy groups -OCH3 is 1. The Morgan fingerprint density at radius 2 is 1.91 bits per heavy atom. The normalized spacial score (nSPS) is 17.3. The summed E-state index contributed by atoms with van der Waals surface area (Å²) >= 11 is 0. The highest BCUT2D eigenvalue weighted by Gasteiger charge is 2.40. The van der Waals surface area contributed by atoms with Crippen molar-refractivity contribution in [2.24, 2.45) is 5.92 Å². The van der Waals surface area contributed by atoms with E-state index in [0.29, 0.717) is 18.8 Å². The SMILES string of the molecule is COC(=O)c1cnc(N2CCN(c3ccc(F)c(S(C)(=O)=O)c3)C[C@H]2C(C)C)nc1C(F)(F)F. The zero-order valence-electron chi connectivity index (χ0n) is 18.9. The number of hydrogen-bond acceptors (Lipinski definition) is 8. The quantitative estimate of drug-likeness (QED) is 0.453. The Hall–Kier alpha value is -2.96. The van der Waals surface area contributed by atoms with Crippen molar-refractivity contribution < 1.29 is 35.5 Å². The summed E-state index contributed by atoms with van der Waals surface area (Å²) in [6.45, 7) is 4.56. The molecule has 1 fully saturated rings. The number of sulfone groups is 1. The van der Waals surface area contributed by atoms with Crippen molar-refractivity contribution in [2.75, 3.05) is 42.8 Å². The lowest BCUT2D eigenvalue weighted by molar-refractivity contribution is -0.141. The Morgan fingerprint density at radius 3 is 2.47 bits per heavy atom. The molecule has 1 saturated heterocycles. The van der Waals surface area contributed by atoms with Gasteiger partial charge in [0, 0.05) is 37.8 Å². The minimum atomic E-state index is -4.90. The smallest absolute Gasteiger partial charge is 0.434 e. The molecule has 0 saturated carbocycles. The van der Waals surface area contributed by atoms with E-state index >= 15 is 0 Å². The highest BCUT2D eigenvalue weighted by molar-refractivity contribution is 7.90. The van der Waals surface area contributed by atoms with Crippen LogP contribution in [0.1, 0.15) is 29.9 Å². The number of hydrogen-bond donors (Lipinski definition) is 0. The number of rotatable bonds is 5. The van der Waals surface area contributed by atoms with Crippen molar-refractivity contribution >= 4 is 27.4 Å². The van der Waals surface area contributed by atoms with Crippen LogP contribution in [0.15, 0.2) is 29.3 Å². The minimum Gasteiger partial charge on any atom is -0.465 e. The standard InChI is InChI=1S/C21H24F4N4O4S/c1-12(2)16-11-28(13-5-6-15(22)17(9-13)34(4,31)32)7-8-29(16)20-26-10-14(19(30)33-3)18(27-20)21(23,24)25/h5-6,9-10,12,16H,7-8,11H2,1-4H3/t16-/m0/s1. The lowest BCUT2D eigenvalue weighted by Crippen LogP contribution is -2.56. The molecule has 1 aliphatic rings. The van der Waals surface area contributed by atoms with E-state index in [0.717, 1.165) is 25.6 Å². The highest BCUT2D eigenvalue weighted by Crippen LogP contribution is 2.33. The van der Waals surface area contributed by atoms with Crippen LogP contribution in [0, 0.1) is 11.7 Å². The topological polar surface area (TPSA) is 92.7 Å². The van der Waals surface area contributed by atoms with Crippen molar-refractivity contribution in [1.29, 1.82) is 0 Å². The fourth-order valence-corrected chi connectivity index (χ4v) is 4.58. The Morgan fingerprint density at radius 1 is 1.24 bits per heavy atom. The number of halogens is 4. The second kappa shape index (κ2) is 9.35. The van der Waals surface area contributed by atoms with E-state index in [-0.39, 0.29) is 24.5 Å². The molecule has 1 aromatic heterocycles. The van der Waals surface area contributed by atoms with Gasteiger partial charge in [0.25, 0.3) is 0 Å². The summed E-state index contributed by atoms with van der Waals surface area (Å²) in [5.74, 6) is -2.30. The monoisotopic (exact) mass is 504 g/mol. The van der Waals surface area contributed by atoms with Gasteiger partial charge in [-0.2, -0.15) is 13.2 Å². The lowest BCUT2D eigenvalue weighted by Gasteiger charge is -2.44. The summed E-state index contributed by atoms with van der Waals surface area (Å²) in [6.07, 6.45) is -3.18. The maximum absolute atomic E-state index is 14.0. The van der Waals surface area contributed by atoms with Crippen molar-refractivity contribution in [3.8, 4) is 0 Å². The molecule has 1 atom stereocenters. The van der Waals surface area contributed by atoms with Gasteiger partial charge in [0.1, 0.15) is 16.3 Å². The van der Waals surface area contributed by atoms with Crippen LogP contribution >= 0.6 is 0 Å². The average Bonchev–Trinajstić information content (AvgIpc) is 2.76. The first kappa shape index (κ1) is 25.7. The van der Waals surface area contributed by atoms with Gasteiger partial charge in [-0.05, 0) is 24.1 Å². The Bertz CT molecular complexity index is 1190. The molecule has 1 aromatic carbocycles. The van der Waals surface area contributed by atoms with Crippen LogP contribution in [0.2, 0.25) is 0 Å². The number of esters is 1. The van der Waals surface area contributed by atoms with Crippen LogP contribution in [0.5, 0.6) is 0 Å². The molecule has 2 heterocycles. The van der Waals surface area contributed by atoms with E-state index in [2.05, 4.69) is 14.7 Å². The molecule has 0 spiro atoms. The first-order valence-corrected chi connectivity index (χ1v) is 12.2. The van der Waals surface area contributed by atoms with E-state index in [1.54, 1.807) is 4.90 Å². The molecule has 0 radical (unpaired) electrons. The molecule has 0 N–H and O–H groups in total.